The number of likely N-dealkylation sites (tertiary alicyclic amines) is 1. The van der Waals surface area contributed by atoms with Crippen molar-refractivity contribution in [2.75, 3.05) is 51.3 Å². The number of carbonyl (C=O) groups excluding carboxylic acids is 2. The summed E-state index contributed by atoms with van der Waals surface area (Å²) in [5, 5.41) is 5.79. The predicted octanol–water partition coefficient (Wildman–Crippen LogP) is 2.25. The Bertz CT molecular complexity index is 673. The third-order valence-electron chi connectivity index (χ3n) is 5.46. The molecule has 2 saturated heterocycles. The monoisotopic (exact) mass is 388 g/mol. The number of carbonyl (C=O) groups is 2. The highest BCUT2D eigenvalue weighted by atomic mass is 16.5. The van der Waals surface area contributed by atoms with Crippen molar-refractivity contribution >= 4 is 17.6 Å². The number of amides is 3. The highest BCUT2D eigenvalue weighted by Crippen LogP contribution is 2.23. The molecule has 1 unspecified atom stereocenters. The molecule has 0 aliphatic carbocycles. The molecule has 2 heterocycles. The summed E-state index contributed by atoms with van der Waals surface area (Å²) in [6, 6.07) is 7.01. The Labute approximate surface area is 167 Å². The van der Waals surface area contributed by atoms with E-state index >= 15 is 0 Å². The van der Waals surface area contributed by atoms with E-state index in [-0.39, 0.29) is 11.9 Å². The molecule has 0 spiro atoms. The summed E-state index contributed by atoms with van der Waals surface area (Å²) >= 11 is 0. The van der Waals surface area contributed by atoms with Crippen LogP contribution in [0.5, 0.6) is 0 Å². The molecule has 1 aromatic rings. The Morgan fingerprint density at radius 3 is 2.68 bits per heavy atom. The summed E-state index contributed by atoms with van der Waals surface area (Å²) in [4.78, 5) is 29.5. The zero-order valence-electron chi connectivity index (χ0n) is 16.9. The Hall–Kier alpha value is -2.12. The minimum Gasteiger partial charge on any atom is -0.379 e. The molecule has 0 bridgehead atoms. The van der Waals surface area contributed by atoms with Gasteiger partial charge in [0.05, 0.1) is 13.2 Å². The van der Waals surface area contributed by atoms with Crippen molar-refractivity contribution < 1.29 is 14.3 Å². The fraction of sp³-hybridized carbons (Fsp3) is 0.619. The van der Waals surface area contributed by atoms with E-state index in [1.165, 1.54) is 0 Å². The van der Waals surface area contributed by atoms with Crippen molar-refractivity contribution in [2.24, 2.45) is 0 Å². The van der Waals surface area contributed by atoms with Crippen LogP contribution in [0.25, 0.3) is 0 Å². The number of hydrogen-bond donors (Lipinski definition) is 2. The SMILES string of the molecule is CC(C)c1ccccc1NC(=O)NC1CCCN(CCN2CCOCC2)C1=O. The number of benzene rings is 1. The predicted molar refractivity (Wildman–Crippen MR) is 110 cm³/mol. The van der Waals surface area contributed by atoms with Crippen LogP contribution in [0.1, 0.15) is 38.2 Å². The van der Waals surface area contributed by atoms with E-state index in [4.69, 9.17) is 4.74 Å². The van der Waals surface area contributed by atoms with Gasteiger partial charge in [-0.05, 0) is 30.4 Å². The van der Waals surface area contributed by atoms with Gasteiger partial charge in [-0.2, -0.15) is 0 Å². The maximum absolute atomic E-state index is 12.8. The number of ether oxygens (including phenoxy) is 1. The Kier molecular flexibility index (Phi) is 7.28. The zero-order valence-corrected chi connectivity index (χ0v) is 16.9. The topological polar surface area (TPSA) is 73.9 Å². The molecule has 7 heteroatoms. The maximum atomic E-state index is 12.8. The average molecular weight is 389 g/mol. The van der Waals surface area contributed by atoms with E-state index < -0.39 is 6.04 Å². The van der Waals surface area contributed by atoms with E-state index in [2.05, 4.69) is 29.4 Å². The summed E-state index contributed by atoms with van der Waals surface area (Å²) in [6.45, 7) is 9.86. The van der Waals surface area contributed by atoms with Gasteiger partial charge in [0.2, 0.25) is 5.91 Å². The second kappa shape index (κ2) is 9.89. The zero-order chi connectivity index (χ0) is 19.9. The van der Waals surface area contributed by atoms with Crippen LogP contribution < -0.4 is 10.6 Å². The van der Waals surface area contributed by atoms with Crippen LogP contribution >= 0.6 is 0 Å². The number of para-hydroxylation sites is 1. The van der Waals surface area contributed by atoms with Crippen molar-refractivity contribution in [3.8, 4) is 0 Å². The number of anilines is 1. The standard InChI is InChI=1S/C21H32N4O3/c1-16(2)17-6-3-4-7-18(17)22-21(27)23-19-8-5-9-25(20(19)26)11-10-24-12-14-28-15-13-24/h3-4,6-7,16,19H,5,8-15H2,1-2H3,(H2,22,23,27). The van der Waals surface area contributed by atoms with Crippen LogP contribution in [-0.4, -0.2) is 73.7 Å². The molecule has 2 N–H and O–H groups in total. The summed E-state index contributed by atoms with van der Waals surface area (Å²) in [6.07, 6.45) is 1.59. The molecule has 154 valence electrons. The fourth-order valence-electron chi connectivity index (χ4n) is 3.81. The smallest absolute Gasteiger partial charge is 0.319 e. The van der Waals surface area contributed by atoms with Crippen LogP contribution in [0, 0.1) is 0 Å². The van der Waals surface area contributed by atoms with E-state index in [1.54, 1.807) is 0 Å². The molecule has 1 atom stereocenters. The van der Waals surface area contributed by atoms with Gasteiger partial charge in [0, 0.05) is 38.4 Å². The van der Waals surface area contributed by atoms with Crippen LogP contribution in [0.3, 0.4) is 0 Å². The average Bonchev–Trinajstić information content (AvgIpc) is 2.69. The molecule has 3 rings (SSSR count). The van der Waals surface area contributed by atoms with Gasteiger partial charge in [-0.1, -0.05) is 32.0 Å². The first kappa shape index (κ1) is 20.6. The second-order valence-corrected chi connectivity index (χ2v) is 7.81. The van der Waals surface area contributed by atoms with Gasteiger partial charge in [-0.3, -0.25) is 9.69 Å². The fourth-order valence-corrected chi connectivity index (χ4v) is 3.81. The molecule has 2 aliphatic rings. The third-order valence-corrected chi connectivity index (χ3v) is 5.46. The minimum atomic E-state index is -0.454. The maximum Gasteiger partial charge on any atom is 0.319 e. The van der Waals surface area contributed by atoms with Crippen molar-refractivity contribution in [1.82, 2.24) is 15.1 Å². The first-order valence-electron chi connectivity index (χ1n) is 10.3. The number of urea groups is 1. The van der Waals surface area contributed by atoms with Crippen LogP contribution in [-0.2, 0) is 9.53 Å². The summed E-state index contributed by atoms with van der Waals surface area (Å²) in [5.41, 5.74) is 1.88. The van der Waals surface area contributed by atoms with E-state index in [1.807, 2.05) is 29.2 Å². The molecule has 7 nitrogen and oxygen atoms in total. The number of rotatable bonds is 6. The molecule has 3 amide bonds. The Balaban J connectivity index is 1.52. The van der Waals surface area contributed by atoms with Gasteiger partial charge >= 0.3 is 6.03 Å². The molecule has 0 aromatic heterocycles. The first-order valence-corrected chi connectivity index (χ1v) is 10.3. The quantitative estimate of drug-likeness (QED) is 0.784. The number of morpholine rings is 1. The summed E-state index contributed by atoms with van der Waals surface area (Å²) in [5.74, 6) is 0.329. The summed E-state index contributed by atoms with van der Waals surface area (Å²) < 4.78 is 5.37. The van der Waals surface area contributed by atoms with Gasteiger partial charge in [-0.15, -0.1) is 0 Å². The molecule has 2 fully saturated rings. The minimum absolute atomic E-state index is 0.0202. The second-order valence-electron chi connectivity index (χ2n) is 7.81. The molecular formula is C21H32N4O3. The van der Waals surface area contributed by atoms with Crippen LogP contribution in [0.2, 0.25) is 0 Å². The van der Waals surface area contributed by atoms with E-state index in [9.17, 15) is 9.59 Å². The van der Waals surface area contributed by atoms with Crippen molar-refractivity contribution in [3.63, 3.8) is 0 Å². The highest BCUT2D eigenvalue weighted by molar-refractivity contribution is 5.94. The number of piperidine rings is 1. The Morgan fingerprint density at radius 2 is 1.93 bits per heavy atom. The van der Waals surface area contributed by atoms with Gasteiger partial charge in [-0.25, -0.2) is 4.79 Å². The lowest BCUT2D eigenvalue weighted by Gasteiger charge is -2.35. The van der Waals surface area contributed by atoms with Crippen LogP contribution in [0.4, 0.5) is 10.5 Å². The van der Waals surface area contributed by atoms with Crippen molar-refractivity contribution in [1.29, 1.82) is 0 Å². The van der Waals surface area contributed by atoms with Gasteiger partial charge in [0.15, 0.2) is 0 Å². The molecular weight excluding hydrogens is 356 g/mol. The lowest BCUT2D eigenvalue weighted by atomic mass is 10.0. The number of nitrogens with zero attached hydrogens (tertiary/aromatic N) is 2. The molecule has 28 heavy (non-hydrogen) atoms. The van der Waals surface area contributed by atoms with Crippen molar-refractivity contribution in [2.45, 2.75) is 38.6 Å². The first-order chi connectivity index (χ1) is 13.5. The van der Waals surface area contributed by atoms with Crippen molar-refractivity contribution in [3.05, 3.63) is 29.8 Å². The molecule has 0 saturated carbocycles. The Morgan fingerprint density at radius 1 is 1.18 bits per heavy atom. The van der Waals surface area contributed by atoms with Gasteiger partial charge < -0.3 is 20.3 Å². The number of nitrogens with one attached hydrogen (secondary N) is 2. The number of hydrogen-bond acceptors (Lipinski definition) is 4. The van der Waals surface area contributed by atoms with Crippen LogP contribution in [0.15, 0.2) is 24.3 Å². The largest absolute Gasteiger partial charge is 0.379 e. The third kappa shape index (κ3) is 5.45. The molecule has 2 aliphatic heterocycles. The normalized spacial score (nSPS) is 21.0. The van der Waals surface area contributed by atoms with Gasteiger partial charge in [0.1, 0.15) is 6.04 Å². The van der Waals surface area contributed by atoms with E-state index in [0.29, 0.717) is 18.9 Å². The van der Waals surface area contributed by atoms with E-state index in [0.717, 1.165) is 57.1 Å². The summed E-state index contributed by atoms with van der Waals surface area (Å²) in [7, 11) is 0. The lowest BCUT2D eigenvalue weighted by molar-refractivity contribution is -0.135. The molecule has 1 aromatic carbocycles. The van der Waals surface area contributed by atoms with Gasteiger partial charge in [0.25, 0.3) is 0 Å². The highest BCUT2D eigenvalue weighted by Gasteiger charge is 2.30. The molecule has 0 radical (unpaired) electrons. The lowest BCUT2D eigenvalue weighted by Crippen LogP contribution is -2.54.